The molecule has 0 bridgehead atoms. The zero-order chi connectivity index (χ0) is 31.5. The molecule has 0 spiro atoms. The van der Waals surface area contributed by atoms with Gasteiger partial charge in [-0.25, -0.2) is 0 Å². The third-order valence-electron chi connectivity index (χ3n) is 8.08. The number of benzene rings is 2. The molecule has 1 aliphatic carbocycles. The maximum Gasteiger partial charge on any atom is 0.188 e. The van der Waals surface area contributed by atoms with Crippen LogP contribution in [0.25, 0.3) is 5.57 Å². The summed E-state index contributed by atoms with van der Waals surface area (Å²) in [6, 6.07) is 17.4. The van der Waals surface area contributed by atoms with Gasteiger partial charge in [-0.05, 0) is 125 Å². The van der Waals surface area contributed by atoms with Gasteiger partial charge in [0.1, 0.15) is 17.1 Å². The van der Waals surface area contributed by atoms with E-state index in [-0.39, 0.29) is 5.60 Å². The molecule has 5 heteroatoms. The number of anilines is 1. The summed E-state index contributed by atoms with van der Waals surface area (Å²) in [5.41, 5.74) is 6.26. The lowest BCUT2D eigenvalue weighted by molar-refractivity contribution is -0.00533. The van der Waals surface area contributed by atoms with Gasteiger partial charge in [0, 0.05) is 31.4 Å². The number of nitrogens with zero attached hydrogens (tertiary/aromatic N) is 2. The average molecular weight is 599 g/mol. The molecule has 0 aromatic heterocycles. The number of hydrogen-bond acceptors (Lipinski definition) is 5. The van der Waals surface area contributed by atoms with Gasteiger partial charge in [-0.1, -0.05) is 49.8 Å². The Morgan fingerprint density at radius 3 is 2.18 bits per heavy atom. The van der Waals surface area contributed by atoms with Crippen LogP contribution in [0, 0.1) is 0 Å². The molecular weight excluding hydrogens is 544 g/mol. The standard InChI is InChI=1S/C39H54N2O3/c1-8-10-11-12-13-31(28-30(3)32-16-20-37(21-17-32)43-9-2)29-41(34-18-22-36(42-7)23-19-34)35-24-26-40(27-25-35)38(33-14-15-33)44-39(4,5)6/h11-13,16-23,28,35H,8-10,14-15,24-27,29H2,1-7H3/b12-11-,30-28+,31-13+. The first kappa shape index (κ1) is 33.3. The minimum absolute atomic E-state index is 0.185. The van der Waals surface area contributed by atoms with Gasteiger partial charge < -0.3 is 24.0 Å². The summed E-state index contributed by atoms with van der Waals surface area (Å²) < 4.78 is 17.7. The Morgan fingerprint density at radius 2 is 1.61 bits per heavy atom. The van der Waals surface area contributed by atoms with Crippen molar-refractivity contribution in [2.45, 2.75) is 91.7 Å². The molecular formula is C39H54N2O3. The van der Waals surface area contributed by atoms with Gasteiger partial charge in [0.15, 0.2) is 5.88 Å². The fourth-order valence-corrected chi connectivity index (χ4v) is 5.65. The highest BCUT2D eigenvalue weighted by Gasteiger charge is 2.32. The number of unbranched alkanes of at least 4 members (excludes halogenated alkanes) is 1. The number of methoxy groups -OCH3 is 1. The van der Waals surface area contributed by atoms with Crippen molar-refractivity contribution < 1.29 is 14.2 Å². The molecule has 0 amide bonds. The van der Waals surface area contributed by atoms with Crippen molar-refractivity contribution in [2.24, 2.45) is 0 Å². The van der Waals surface area contributed by atoms with Crippen molar-refractivity contribution in [1.82, 2.24) is 4.90 Å². The average Bonchev–Trinajstić information content (AvgIpc) is 3.87. The van der Waals surface area contributed by atoms with Crippen LogP contribution in [0.15, 0.2) is 89.9 Å². The third-order valence-corrected chi connectivity index (χ3v) is 8.08. The predicted molar refractivity (Wildman–Crippen MR) is 185 cm³/mol. The van der Waals surface area contributed by atoms with Gasteiger partial charge >= 0.3 is 0 Å². The number of likely N-dealkylation sites (tertiary alicyclic amines) is 1. The van der Waals surface area contributed by atoms with Gasteiger partial charge in [0.2, 0.25) is 0 Å². The van der Waals surface area contributed by atoms with E-state index in [1.165, 1.54) is 40.8 Å². The fourth-order valence-electron chi connectivity index (χ4n) is 5.65. The molecule has 0 atom stereocenters. The quantitative estimate of drug-likeness (QED) is 0.160. The van der Waals surface area contributed by atoms with Crippen molar-refractivity contribution in [2.75, 3.05) is 38.3 Å². The normalized spacial score (nSPS) is 16.3. The first-order chi connectivity index (χ1) is 21.2. The van der Waals surface area contributed by atoms with Crippen molar-refractivity contribution in [3.63, 3.8) is 0 Å². The Kier molecular flexibility index (Phi) is 12.1. The highest BCUT2D eigenvalue weighted by Crippen LogP contribution is 2.37. The Balaban J connectivity index is 1.60. The molecule has 1 saturated carbocycles. The molecule has 5 nitrogen and oxygen atoms in total. The van der Waals surface area contributed by atoms with Gasteiger partial charge in [0.05, 0.1) is 13.7 Å². The third kappa shape index (κ3) is 9.97. The molecule has 2 aliphatic rings. The summed E-state index contributed by atoms with van der Waals surface area (Å²) in [5, 5.41) is 0. The van der Waals surface area contributed by atoms with Crippen molar-refractivity contribution in [3.05, 3.63) is 95.4 Å². The van der Waals surface area contributed by atoms with E-state index in [0.717, 1.165) is 62.7 Å². The molecule has 1 heterocycles. The van der Waals surface area contributed by atoms with E-state index in [1.807, 2.05) is 6.92 Å². The second kappa shape index (κ2) is 15.9. The minimum Gasteiger partial charge on any atom is -0.497 e. The summed E-state index contributed by atoms with van der Waals surface area (Å²) >= 11 is 0. The smallest absolute Gasteiger partial charge is 0.188 e. The highest BCUT2D eigenvalue weighted by molar-refractivity contribution is 5.68. The zero-order valence-corrected chi connectivity index (χ0v) is 28.2. The zero-order valence-electron chi connectivity index (χ0n) is 28.2. The maximum absolute atomic E-state index is 6.49. The van der Waals surface area contributed by atoms with E-state index < -0.39 is 0 Å². The Bertz CT molecular complexity index is 1300. The molecule has 4 rings (SSSR count). The van der Waals surface area contributed by atoms with Gasteiger partial charge in [0.25, 0.3) is 0 Å². The lowest BCUT2D eigenvalue weighted by Gasteiger charge is -2.42. The Hall–Kier alpha value is -3.60. The molecule has 2 aromatic rings. The molecule has 238 valence electrons. The molecule has 1 saturated heterocycles. The summed E-state index contributed by atoms with van der Waals surface area (Å²) in [6.45, 7) is 16.4. The summed E-state index contributed by atoms with van der Waals surface area (Å²) in [5.74, 6) is 2.93. The van der Waals surface area contributed by atoms with E-state index in [1.54, 1.807) is 7.11 Å². The topological polar surface area (TPSA) is 34.2 Å². The van der Waals surface area contributed by atoms with Crippen LogP contribution in [0.2, 0.25) is 0 Å². The number of ether oxygens (including phenoxy) is 3. The van der Waals surface area contributed by atoms with Gasteiger partial charge in [-0.2, -0.15) is 0 Å². The van der Waals surface area contributed by atoms with Crippen LogP contribution in [0.4, 0.5) is 5.69 Å². The molecule has 1 aliphatic heterocycles. The van der Waals surface area contributed by atoms with E-state index >= 15 is 0 Å². The van der Waals surface area contributed by atoms with E-state index in [9.17, 15) is 0 Å². The van der Waals surface area contributed by atoms with Crippen LogP contribution in [0.5, 0.6) is 11.5 Å². The summed E-state index contributed by atoms with van der Waals surface area (Å²) in [7, 11) is 1.73. The van der Waals surface area contributed by atoms with E-state index in [2.05, 4.69) is 117 Å². The predicted octanol–water partition coefficient (Wildman–Crippen LogP) is 9.57. The first-order valence-corrected chi connectivity index (χ1v) is 16.5. The van der Waals surface area contributed by atoms with E-state index in [0.29, 0.717) is 12.6 Å². The second-order valence-electron chi connectivity index (χ2n) is 12.9. The number of allylic oxidation sites excluding steroid dienone is 5. The lowest BCUT2D eigenvalue weighted by Crippen LogP contribution is -2.46. The Labute approximate surface area is 266 Å². The lowest BCUT2D eigenvalue weighted by atomic mass is 9.99. The van der Waals surface area contributed by atoms with Gasteiger partial charge in [-0.3, -0.25) is 0 Å². The van der Waals surface area contributed by atoms with Crippen molar-refractivity contribution in [1.29, 1.82) is 0 Å². The molecule has 0 N–H and O–H groups in total. The second-order valence-corrected chi connectivity index (χ2v) is 12.9. The SMILES string of the molecule is CCC\C=C/C=C(\C=C(/C)c1ccc(OCC)cc1)CN(c1ccc(OC)cc1)C1CCN(C(OC(C)(C)C)=C2CC2)CC1. The number of piperidine rings is 1. The number of rotatable bonds is 14. The monoisotopic (exact) mass is 598 g/mol. The fraction of sp³-hybridized carbons (Fsp3) is 0.487. The molecule has 44 heavy (non-hydrogen) atoms. The van der Waals surface area contributed by atoms with Crippen LogP contribution in [0.3, 0.4) is 0 Å². The maximum atomic E-state index is 6.49. The van der Waals surface area contributed by atoms with E-state index in [4.69, 9.17) is 14.2 Å². The van der Waals surface area contributed by atoms with Crippen LogP contribution in [-0.4, -0.2) is 49.9 Å². The number of hydrogen-bond donors (Lipinski definition) is 0. The Morgan fingerprint density at radius 1 is 0.955 bits per heavy atom. The van der Waals surface area contributed by atoms with Crippen LogP contribution in [-0.2, 0) is 4.74 Å². The van der Waals surface area contributed by atoms with Gasteiger partial charge in [-0.15, -0.1) is 0 Å². The molecule has 2 fully saturated rings. The van der Waals surface area contributed by atoms with Crippen LogP contribution >= 0.6 is 0 Å². The molecule has 2 aromatic carbocycles. The highest BCUT2D eigenvalue weighted by atomic mass is 16.5. The summed E-state index contributed by atoms with van der Waals surface area (Å²) in [4.78, 5) is 5.10. The molecule has 0 radical (unpaired) electrons. The first-order valence-electron chi connectivity index (χ1n) is 16.5. The van der Waals surface area contributed by atoms with Crippen LogP contribution < -0.4 is 14.4 Å². The molecule has 0 unspecified atom stereocenters. The van der Waals surface area contributed by atoms with Crippen molar-refractivity contribution >= 4 is 11.3 Å². The minimum atomic E-state index is -0.185. The van der Waals surface area contributed by atoms with Crippen molar-refractivity contribution in [3.8, 4) is 11.5 Å². The summed E-state index contributed by atoms with van der Waals surface area (Å²) in [6.07, 6.45) is 15.9. The largest absolute Gasteiger partial charge is 0.497 e. The van der Waals surface area contributed by atoms with Crippen LogP contribution in [0.1, 0.15) is 85.6 Å².